The van der Waals surface area contributed by atoms with E-state index in [2.05, 4.69) is 13.0 Å². The van der Waals surface area contributed by atoms with Gasteiger partial charge in [0.2, 0.25) is 0 Å². The maximum absolute atomic E-state index is 9.87. The molecule has 3 N–H and O–H groups in total. The Morgan fingerprint density at radius 1 is 1.32 bits per heavy atom. The van der Waals surface area contributed by atoms with E-state index in [4.69, 9.17) is 5.73 Å². The fourth-order valence-corrected chi connectivity index (χ4v) is 4.46. The monoisotopic (exact) mass is 259 g/mol. The highest BCUT2D eigenvalue weighted by Crippen LogP contribution is 2.48. The summed E-state index contributed by atoms with van der Waals surface area (Å²) in [7, 11) is 0. The first-order chi connectivity index (χ1) is 9.17. The van der Waals surface area contributed by atoms with E-state index in [1.54, 1.807) is 0 Å². The summed E-state index contributed by atoms with van der Waals surface area (Å²) in [6, 6.07) is 6.19. The summed E-state index contributed by atoms with van der Waals surface area (Å²) in [6.07, 6.45) is 8.55. The van der Waals surface area contributed by atoms with Crippen molar-refractivity contribution in [2.45, 2.75) is 63.3 Å². The number of aromatic hydroxyl groups is 1. The molecule has 0 aliphatic heterocycles. The molecule has 3 rings (SSSR count). The summed E-state index contributed by atoms with van der Waals surface area (Å²) in [5, 5.41) is 9.87. The molecular weight excluding hydrogens is 234 g/mol. The summed E-state index contributed by atoms with van der Waals surface area (Å²) < 4.78 is 0. The van der Waals surface area contributed by atoms with Crippen molar-refractivity contribution >= 4 is 0 Å². The standard InChI is InChI=1S/C17H25NO/c1-2-17-9-5-3-4-6-13(16(17)18)10-12-7-8-14(19)11-15(12)17/h7-8,11,13,16,19H,2-6,9-10,18H2,1H3/t13?,16-,17+/m0/s1. The molecule has 3 atom stereocenters. The van der Waals surface area contributed by atoms with E-state index in [1.165, 1.54) is 43.2 Å². The van der Waals surface area contributed by atoms with Crippen LogP contribution < -0.4 is 5.73 Å². The van der Waals surface area contributed by atoms with Crippen molar-refractivity contribution in [3.8, 4) is 5.75 Å². The fraction of sp³-hybridized carbons (Fsp3) is 0.647. The number of nitrogens with two attached hydrogens (primary N) is 1. The van der Waals surface area contributed by atoms with Crippen molar-refractivity contribution < 1.29 is 5.11 Å². The van der Waals surface area contributed by atoms with Crippen molar-refractivity contribution in [1.29, 1.82) is 0 Å². The van der Waals surface area contributed by atoms with Gasteiger partial charge < -0.3 is 10.8 Å². The second-order valence-electron chi connectivity index (χ2n) is 6.44. The third-order valence-electron chi connectivity index (χ3n) is 5.59. The summed E-state index contributed by atoms with van der Waals surface area (Å²) >= 11 is 0. The topological polar surface area (TPSA) is 46.2 Å². The van der Waals surface area contributed by atoms with Gasteiger partial charge in [0.25, 0.3) is 0 Å². The molecule has 0 radical (unpaired) electrons. The molecule has 0 amide bonds. The third kappa shape index (κ3) is 1.97. The highest BCUT2D eigenvalue weighted by molar-refractivity contribution is 5.44. The van der Waals surface area contributed by atoms with Crippen molar-refractivity contribution in [2.75, 3.05) is 0 Å². The summed E-state index contributed by atoms with van der Waals surface area (Å²) in [5.74, 6) is 1.01. The molecule has 2 nitrogen and oxygen atoms in total. The molecule has 1 aromatic rings. The zero-order valence-electron chi connectivity index (χ0n) is 11.9. The Balaban J connectivity index is 2.14. The molecule has 0 aromatic heterocycles. The molecule has 0 heterocycles. The van der Waals surface area contributed by atoms with Gasteiger partial charge in [0.15, 0.2) is 0 Å². The van der Waals surface area contributed by atoms with Crippen LogP contribution in [0.4, 0.5) is 0 Å². The lowest BCUT2D eigenvalue weighted by atomic mass is 9.58. The summed E-state index contributed by atoms with van der Waals surface area (Å²) in [6.45, 7) is 2.26. The molecule has 2 aliphatic carbocycles. The molecule has 2 bridgehead atoms. The Bertz CT molecular complexity index is 470. The molecule has 2 heteroatoms. The predicted molar refractivity (Wildman–Crippen MR) is 78.3 cm³/mol. The van der Waals surface area contributed by atoms with E-state index in [0.717, 1.165) is 12.8 Å². The lowest BCUT2D eigenvalue weighted by Crippen LogP contribution is -2.54. The number of fused-ring (bicyclic) bond motifs is 4. The van der Waals surface area contributed by atoms with Gasteiger partial charge in [-0.3, -0.25) is 0 Å². The van der Waals surface area contributed by atoms with Crippen molar-refractivity contribution in [3.05, 3.63) is 29.3 Å². The first-order valence-corrected chi connectivity index (χ1v) is 7.75. The van der Waals surface area contributed by atoms with Crippen LogP contribution in [0, 0.1) is 5.92 Å². The maximum Gasteiger partial charge on any atom is 0.115 e. The minimum absolute atomic E-state index is 0.0947. The van der Waals surface area contributed by atoms with Gasteiger partial charge in [-0.1, -0.05) is 32.3 Å². The molecule has 1 saturated carbocycles. The SMILES string of the molecule is CC[C@@]12CCCCCC(Cc3ccc(O)cc31)[C@@H]2N. The van der Waals surface area contributed by atoms with Gasteiger partial charge in [0, 0.05) is 11.5 Å². The third-order valence-corrected chi connectivity index (χ3v) is 5.59. The van der Waals surface area contributed by atoms with Crippen LogP contribution in [0.3, 0.4) is 0 Å². The van der Waals surface area contributed by atoms with Gasteiger partial charge in [-0.25, -0.2) is 0 Å². The molecule has 0 saturated heterocycles. The van der Waals surface area contributed by atoms with Crippen LogP contribution >= 0.6 is 0 Å². The number of benzene rings is 1. The van der Waals surface area contributed by atoms with E-state index in [-0.39, 0.29) is 11.5 Å². The first kappa shape index (κ1) is 13.0. The Morgan fingerprint density at radius 3 is 2.95 bits per heavy atom. The highest BCUT2D eigenvalue weighted by atomic mass is 16.3. The normalized spacial score (nSPS) is 34.2. The van der Waals surface area contributed by atoms with Crippen LogP contribution in [0.2, 0.25) is 0 Å². The lowest BCUT2D eigenvalue weighted by Gasteiger charge is -2.49. The van der Waals surface area contributed by atoms with Crippen LogP contribution in [-0.4, -0.2) is 11.1 Å². The van der Waals surface area contributed by atoms with Crippen LogP contribution in [0.25, 0.3) is 0 Å². The van der Waals surface area contributed by atoms with Gasteiger partial charge in [0.1, 0.15) is 5.75 Å². The average molecular weight is 259 g/mol. The molecule has 0 spiro atoms. The zero-order chi connectivity index (χ0) is 13.5. The number of phenolic OH excluding ortho intramolecular Hbond substituents is 1. The zero-order valence-corrected chi connectivity index (χ0v) is 11.9. The van der Waals surface area contributed by atoms with Crippen LogP contribution in [-0.2, 0) is 11.8 Å². The second-order valence-corrected chi connectivity index (χ2v) is 6.44. The Kier molecular flexibility index (Phi) is 3.30. The van der Waals surface area contributed by atoms with Crippen molar-refractivity contribution in [3.63, 3.8) is 0 Å². The molecular formula is C17H25NO. The van der Waals surface area contributed by atoms with Gasteiger partial charge in [-0.05, 0) is 54.9 Å². The van der Waals surface area contributed by atoms with Gasteiger partial charge >= 0.3 is 0 Å². The Hall–Kier alpha value is -1.02. The van der Waals surface area contributed by atoms with Gasteiger partial charge in [-0.2, -0.15) is 0 Å². The van der Waals surface area contributed by atoms with Crippen molar-refractivity contribution in [2.24, 2.45) is 11.7 Å². The minimum atomic E-state index is 0.0947. The first-order valence-electron chi connectivity index (χ1n) is 7.75. The van der Waals surface area contributed by atoms with Crippen molar-refractivity contribution in [1.82, 2.24) is 0 Å². The Labute approximate surface area is 116 Å². The van der Waals surface area contributed by atoms with E-state index in [9.17, 15) is 5.11 Å². The largest absolute Gasteiger partial charge is 0.508 e. The quantitative estimate of drug-likeness (QED) is 0.810. The summed E-state index contributed by atoms with van der Waals surface area (Å²) in [4.78, 5) is 0. The lowest BCUT2D eigenvalue weighted by molar-refractivity contribution is 0.179. The second kappa shape index (κ2) is 4.82. The molecule has 19 heavy (non-hydrogen) atoms. The fourth-order valence-electron chi connectivity index (χ4n) is 4.46. The summed E-state index contributed by atoms with van der Waals surface area (Å²) in [5.41, 5.74) is 9.54. The Morgan fingerprint density at radius 2 is 2.16 bits per heavy atom. The molecule has 1 aromatic carbocycles. The average Bonchev–Trinajstić information content (AvgIpc) is 2.41. The molecule has 1 unspecified atom stereocenters. The van der Waals surface area contributed by atoms with E-state index in [0.29, 0.717) is 11.7 Å². The molecule has 2 aliphatic rings. The number of phenols is 1. The highest BCUT2D eigenvalue weighted by Gasteiger charge is 2.45. The van der Waals surface area contributed by atoms with Crippen LogP contribution in [0.5, 0.6) is 5.75 Å². The van der Waals surface area contributed by atoms with Gasteiger partial charge in [0.05, 0.1) is 0 Å². The van der Waals surface area contributed by atoms with Gasteiger partial charge in [-0.15, -0.1) is 0 Å². The molecule has 104 valence electrons. The van der Waals surface area contributed by atoms with Crippen LogP contribution in [0.15, 0.2) is 18.2 Å². The van der Waals surface area contributed by atoms with Crippen LogP contribution in [0.1, 0.15) is 56.6 Å². The minimum Gasteiger partial charge on any atom is -0.508 e. The smallest absolute Gasteiger partial charge is 0.115 e. The number of rotatable bonds is 1. The maximum atomic E-state index is 9.87. The van der Waals surface area contributed by atoms with E-state index >= 15 is 0 Å². The number of hydrogen-bond acceptors (Lipinski definition) is 2. The number of hydrogen-bond donors (Lipinski definition) is 2. The molecule has 1 fully saturated rings. The van der Waals surface area contributed by atoms with E-state index in [1.807, 2.05) is 12.1 Å². The van der Waals surface area contributed by atoms with E-state index < -0.39 is 0 Å². The predicted octanol–water partition coefficient (Wildman–Crippen LogP) is 3.50.